The van der Waals surface area contributed by atoms with E-state index in [9.17, 15) is 9.18 Å². The number of carbonyl (C=O) groups is 1. The maximum atomic E-state index is 14.2. The molecule has 1 saturated carbocycles. The molecule has 0 bridgehead atoms. The van der Waals surface area contributed by atoms with Crippen molar-refractivity contribution in [2.24, 2.45) is 22.7 Å². The number of aliphatic imine (C=N–C) groups is 1. The van der Waals surface area contributed by atoms with Gasteiger partial charge in [-0.15, -0.1) is 0 Å². The van der Waals surface area contributed by atoms with Crippen molar-refractivity contribution in [1.29, 1.82) is 0 Å². The average molecular weight is 460 g/mol. The molecular weight excluding hydrogens is 425 g/mol. The van der Waals surface area contributed by atoms with E-state index in [2.05, 4.69) is 19.9 Å². The van der Waals surface area contributed by atoms with Gasteiger partial charge < -0.3 is 24.4 Å². The number of rotatable bonds is 9. The minimum absolute atomic E-state index is 0.0693. The molecule has 1 aliphatic carbocycles. The molecule has 0 aromatic heterocycles. The molecule has 1 aromatic carbocycles. The first kappa shape index (κ1) is 23.5. The van der Waals surface area contributed by atoms with Crippen LogP contribution in [0.3, 0.4) is 0 Å². The number of piperidine rings is 1. The number of methoxy groups -OCH3 is 2. The Morgan fingerprint density at radius 3 is 2.76 bits per heavy atom. The number of esters is 1. The van der Waals surface area contributed by atoms with Gasteiger partial charge in [-0.3, -0.25) is 4.79 Å². The zero-order valence-corrected chi connectivity index (χ0v) is 19.5. The molecule has 1 saturated heterocycles. The second-order valence-corrected chi connectivity index (χ2v) is 9.15. The fourth-order valence-corrected chi connectivity index (χ4v) is 4.94. The third kappa shape index (κ3) is 6.25. The van der Waals surface area contributed by atoms with Crippen molar-refractivity contribution in [2.75, 3.05) is 47.1 Å². The largest absolute Gasteiger partial charge is 0.493 e. The van der Waals surface area contributed by atoms with Crippen LogP contribution in [0.25, 0.3) is 0 Å². The summed E-state index contributed by atoms with van der Waals surface area (Å²) in [4.78, 5) is 18.4. The quantitative estimate of drug-likeness (QED) is 0.572. The van der Waals surface area contributed by atoms with Gasteiger partial charge in [0.05, 0.1) is 33.3 Å². The van der Waals surface area contributed by atoms with Gasteiger partial charge in [0.2, 0.25) is 0 Å². The van der Waals surface area contributed by atoms with Crippen LogP contribution in [0.2, 0.25) is 0 Å². The van der Waals surface area contributed by atoms with E-state index in [1.54, 1.807) is 19.2 Å². The normalized spacial score (nSPS) is 22.8. The highest BCUT2D eigenvalue weighted by atomic mass is 19.1. The first-order chi connectivity index (χ1) is 16.1. The number of nitrogens with one attached hydrogen (secondary N) is 1. The van der Waals surface area contributed by atoms with Crippen molar-refractivity contribution in [2.45, 2.75) is 32.1 Å². The number of benzene rings is 1. The third-order valence-electron chi connectivity index (χ3n) is 6.93. The highest BCUT2D eigenvalue weighted by Crippen LogP contribution is 2.49. The van der Waals surface area contributed by atoms with E-state index in [4.69, 9.17) is 9.47 Å². The fourth-order valence-electron chi connectivity index (χ4n) is 4.94. The number of guanidine groups is 1. The molecule has 2 atom stereocenters. The zero-order valence-electron chi connectivity index (χ0n) is 19.5. The van der Waals surface area contributed by atoms with Crippen LogP contribution < -0.4 is 10.1 Å². The number of nitrogens with zero attached hydrogens (tertiary/aromatic N) is 2. The molecule has 8 heteroatoms. The van der Waals surface area contributed by atoms with E-state index >= 15 is 0 Å². The van der Waals surface area contributed by atoms with Crippen molar-refractivity contribution in [3.63, 3.8) is 0 Å². The minimum Gasteiger partial charge on any atom is -0.493 e. The predicted octanol–water partition coefficient (Wildman–Crippen LogP) is 3.15. The number of ether oxygens (including phenoxy) is 3. The van der Waals surface area contributed by atoms with E-state index in [1.165, 1.54) is 38.0 Å². The molecule has 7 nitrogen and oxygen atoms in total. The van der Waals surface area contributed by atoms with Crippen molar-refractivity contribution >= 4 is 11.9 Å². The highest BCUT2D eigenvalue weighted by Gasteiger charge is 2.43. The van der Waals surface area contributed by atoms with Crippen LogP contribution in [0.5, 0.6) is 5.75 Å². The second-order valence-electron chi connectivity index (χ2n) is 9.15. The average Bonchev–Trinajstić information content (AvgIpc) is 3.61. The molecule has 0 unspecified atom stereocenters. The standard InChI is InChI=1S/C25H34FN3O4/c1-31-16-17-14-27-25(28-15-17)29-8-5-18(6-9-29)22-11-19(22)7-10-33-21-4-3-20(23(26)13-21)12-24(30)32-2/h3-4,13-14,18-19,22H,5-12,15-16H2,1-2H3,(H,27,28)/t19-,22-/m1/s1. The molecule has 0 radical (unpaired) electrons. The zero-order chi connectivity index (χ0) is 23.2. The molecule has 3 aliphatic rings. The Bertz CT molecular complexity index is 896. The van der Waals surface area contributed by atoms with Gasteiger partial charge >= 0.3 is 5.97 Å². The summed E-state index contributed by atoms with van der Waals surface area (Å²) < 4.78 is 29.7. The lowest BCUT2D eigenvalue weighted by atomic mass is 9.90. The van der Waals surface area contributed by atoms with Crippen LogP contribution in [0.1, 0.15) is 31.2 Å². The summed E-state index contributed by atoms with van der Waals surface area (Å²) in [6, 6.07) is 4.67. The minimum atomic E-state index is -0.454. The van der Waals surface area contributed by atoms with Crippen LogP contribution in [0.4, 0.5) is 4.39 Å². The maximum absolute atomic E-state index is 14.2. The van der Waals surface area contributed by atoms with Gasteiger partial charge in [-0.25, -0.2) is 9.38 Å². The Hall–Kier alpha value is -2.61. The Morgan fingerprint density at radius 1 is 1.27 bits per heavy atom. The number of hydrogen-bond donors (Lipinski definition) is 1. The predicted molar refractivity (Wildman–Crippen MR) is 124 cm³/mol. The lowest BCUT2D eigenvalue weighted by Gasteiger charge is -2.35. The van der Waals surface area contributed by atoms with Gasteiger partial charge in [0.15, 0.2) is 5.96 Å². The molecule has 33 heavy (non-hydrogen) atoms. The molecule has 0 amide bonds. The topological polar surface area (TPSA) is 72.4 Å². The number of halogens is 1. The first-order valence-corrected chi connectivity index (χ1v) is 11.8. The Kier molecular flexibility index (Phi) is 7.85. The number of hydrogen-bond acceptors (Lipinski definition) is 7. The summed E-state index contributed by atoms with van der Waals surface area (Å²) in [5.41, 5.74) is 1.49. The lowest BCUT2D eigenvalue weighted by Crippen LogP contribution is -2.45. The van der Waals surface area contributed by atoms with Crippen molar-refractivity contribution in [3.8, 4) is 5.75 Å². The molecule has 2 aliphatic heterocycles. The fraction of sp³-hybridized carbons (Fsp3) is 0.600. The lowest BCUT2D eigenvalue weighted by molar-refractivity contribution is -0.139. The van der Waals surface area contributed by atoms with Crippen molar-refractivity contribution < 1.29 is 23.4 Å². The monoisotopic (exact) mass is 459 g/mol. The SMILES string of the molecule is COCC1=CNC(N2CCC([C@H]3C[C@H]3CCOc3ccc(CC(=O)OC)c(F)c3)CC2)=NC1. The smallest absolute Gasteiger partial charge is 0.310 e. The summed E-state index contributed by atoms with van der Waals surface area (Å²) in [6.45, 7) is 4.00. The van der Waals surface area contributed by atoms with Crippen molar-refractivity contribution in [3.05, 3.63) is 41.4 Å². The van der Waals surface area contributed by atoms with Crippen LogP contribution in [-0.2, 0) is 20.7 Å². The summed E-state index contributed by atoms with van der Waals surface area (Å²) in [5.74, 6) is 2.86. The van der Waals surface area contributed by atoms with E-state index in [-0.39, 0.29) is 6.42 Å². The molecule has 2 heterocycles. The molecule has 1 N–H and O–H groups in total. The Balaban J connectivity index is 1.14. The Morgan fingerprint density at radius 2 is 2.09 bits per heavy atom. The van der Waals surface area contributed by atoms with E-state index < -0.39 is 11.8 Å². The van der Waals surface area contributed by atoms with E-state index in [1.807, 2.05) is 6.20 Å². The van der Waals surface area contributed by atoms with Crippen LogP contribution >= 0.6 is 0 Å². The second kappa shape index (κ2) is 11.0. The summed E-state index contributed by atoms with van der Waals surface area (Å²) in [7, 11) is 3.00. The molecule has 0 spiro atoms. The third-order valence-corrected chi connectivity index (χ3v) is 6.93. The van der Waals surface area contributed by atoms with Gasteiger partial charge in [-0.05, 0) is 60.6 Å². The molecular formula is C25H34FN3O4. The Labute approximate surface area is 195 Å². The van der Waals surface area contributed by atoms with Crippen LogP contribution in [0.15, 0.2) is 35.0 Å². The number of carbonyl (C=O) groups excluding carboxylic acids is 1. The molecule has 180 valence electrons. The van der Waals surface area contributed by atoms with Gasteiger partial charge in [0.1, 0.15) is 11.6 Å². The van der Waals surface area contributed by atoms with Gasteiger partial charge in [-0.1, -0.05) is 6.07 Å². The summed E-state index contributed by atoms with van der Waals surface area (Å²) >= 11 is 0. The summed E-state index contributed by atoms with van der Waals surface area (Å²) in [6.07, 6.45) is 6.61. The molecule has 4 rings (SSSR count). The van der Waals surface area contributed by atoms with E-state index in [0.29, 0.717) is 37.0 Å². The van der Waals surface area contributed by atoms with Crippen molar-refractivity contribution in [1.82, 2.24) is 10.2 Å². The number of likely N-dealkylation sites (tertiary alicyclic amines) is 1. The first-order valence-electron chi connectivity index (χ1n) is 11.8. The molecule has 1 aromatic rings. The van der Waals surface area contributed by atoms with E-state index in [0.717, 1.165) is 37.3 Å². The van der Waals surface area contributed by atoms with Crippen LogP contribution in [-0.4, -0.2) is 63.9 Å². The summed E-state index contributed by atoms with van der Waals surface area (Å²) in [5, 5.41) is 3.32. The van der Waals surface area contributed by atoms with Gasteiger partial charge in [0, 0.05) is 32.5 Å². The molecule has 2 fully saturated rings. The van der Waals surface area contributed by atoms with Gasteiger partial charge in [-0.2, -0.15) is 0 Å². The maximum Gasteiger partial charge on any atom is 0.310 e. The highest BCUT2D eigenvalue weighted by molar-refractivity contribution is 5.82. The van der Waals surface area contributed by atoms with Gasteiger partial charge in [0.25, 0.3) is 0 Å². The van der Waals surface area contributed by atoms with Crippen LogP contribution in [0, 0.1) is 23.6 Å².